The average Bonchev–Trinajstić information content (AvgIpc) is 3.41. The minimum absolute atomic E-state index is 0.140. The lowest BCUT2D eigenvalue weighted by Crippen LogP contribution is -2.38. The number of rotatable bonds is 8. The van der Waals surface area contributed by atoms with Gasteiger partial charge in [0.05, 0.1) is 22.6 Å². The van der Waals surface area contributed by atoms with Gasteiger partial charge in [-0.2, -0.15) is 0 Å². The molecule has 5 rings (SSSR count). The zero-order valence-electron chi connectivity index (χ0n) is 21.4. The molecule has 0 saturated heterocycles. The van der Waals surface area contributed by atoms with Crippen molar-refractivity contribution in [2.75, 3.05) is 13.3 Å². The van der Waals surface area contributed by atoms with Crippen LogP contribution in [0.2, 0.25) is 0 Å². The maximum atomic E-state index is 13.9. The van der Waals surface area contributed by atoms with E-state index < -0.39 is 6.04 Å². The molecular weight excluding hydrogens is 466 g/mol. The standard InChI is InChI=1S/C30H31N3O4/c1-4-6-17-32(29(34)22-15-16-26-27(18-22)37-19-36-26)20(3)28-31-24-13-9-8-12-23(24)30(35)33(28)25-14-10-7-11-21(25)5-2/h7-16,18,20H,4-6,17,19H2,1-3H3. The smallest absolute Gasteiger partial charge is 0.266 e. The number of para-hydroxylation sites is 2. The average molecular weight is 498 g/mol. The fourth-order valence-corrected chi connectivity index (χ4v) is 4.83. The summed E-state index contributed by atoms with van der Waals surface area (Å²) in [5.74, 6) is 1.59. The summed E-state index contributed by atoms with van der Waals surface area (Å²) in [6.45, 7) is 6.78. The molecule has 7 nitrogen and oxygen atoms in total. The molecule has 1 unspecified atom stereocenters. The minimum atomic E-state index is -0.466. The lowest BCUT2D eigenvalue weighted by atomic mass is 10.1. The summed E-state index contributed by atoms with van der Waals surface area (Å²) in [6, 6.07) is 20.0. The molecule has 0 aliphatic carbocycles. The van der Waals surface area contributed by atoms with Gasteiger partial charge in [0.2, 0.25) is 6.79 Å². The van der Waals surface area contributed by atoms with E-state index >= 15 is 0 Å². The Hall–Kier alpha value is -4.13. The Morgan fingerprint density at radius 2 is 1.78 bits per heavy atom. The molecule has 4 aromatic rings. The number of fused-ring (bicyclic) bond motifs is 2. The number of carbonyl (C=O) groups is 1. The summed E-state index contributed by atoms with van der Waals surface area (Å²) in [7, 11) is 0. The van der Waals surface area contributed by atoms with Crippen molar-refractivity contribution in [3.8, 4) is 17.2 Å². The van der Waals surface area contributed by atoms with Crippen LogP contribution < -0.4 is 15.0 Å². The summed E-state index contributed by atoms with van der Waals surface area (Å²) in [6.07, 6.45) is 2.51. The number of aryl methyl sites for hydroxylation is 1. The molecule has 3 aromatic carbocycles. The number of nitrogens with zero attached hydrogens (tertiary/aromatic N) is 3. The molecule has 0 radical (unpaired) electrons. The number of carbonyl (C=O) groups excluding carboxylic acids is 1. The van der Waals surface area contributed by atoms with E-state index in [0.717, 1.165) is 30.5 Å². The van der Waals surface area contributed by atoms with E-state index in [1.54, 1.807) is 28.8 Å². The number of hydrogen-bond donors (Lipinski definition) is 0. The molecule has 37 heavy (non-hydrogen) atoms. The van der Waals surface area contributed by atoms with E-state index in [-0.39, 0.29) is 18.3 Å². The molecule has 7 heteroatoms. The minimum Gasteiger partial charge on any atom is -0.454 e. The maximum Gasteiger partial charge on any atom is 0.266 e. The highest BCUT2D eigenvalue weighted by Crippen LogP contribution is 2.34. The van der Waals surface area contributed by atoms with Crippen LogP contribution in [0.3, 0.4) is 0 Å². The van der Waals surface area contributed by atoms with Crippen molar-refractivity contribution in [1.29, 1.82) is 0 Å². The molecule has 0 fully saturated rings. The quantitative estimate of drug-likeness (QED) is 0.313. The Morgan fingerprint density at radius 1 is 1.03 bits per heavy atom. The van der Waals surface area contributed by atoms with Crippen molar-refractivity contribution >= 4 is 16.8 Å². The molecule has 0 bridgehead atoms. The third-order valence-electron chi connectivity index (χ3n) is 6.89. The van der Waals surface area contributed by atoms with Crippen molar-refractivity contribution in [2.45, 2.75) is 46.1 Å². The number of amides is 1. The Bertz CT molecular complexity index is 1510. The van der Waals surface area contributed by atoms with Gasteiger partial charge >= 0.3 is 0 Å². The Balaban J connectivity index is 1.67. The predicted molar refractivity (Wildman–Crippen MR) is 144 cm³/mol. The van der Waals surface area contributed by atoms with Crippen LogP contribution in [0.15, 0.2) is 71.5 Å². The number of unbranched alkanes of at least 4 members (excludes halogenated alkanes) is 1. The molecule has 1 amide bonds. The van der Waals surface area contributed by atoms with Crippen LogP contribution >= 0.6 is 0 Å². The number of ether oxygens (including phenoxy) is 2. The summed E-state index contributed by atoms with van der Waals surface area (Å²) in [5.41, 5.74) is 2.82. The van der Waals surface area contributed by atoms with E-state index in [2.05, 4.69) is 13.8 Å². The third-order valence-corrected chi connectivity index (χ3v) is 6.89. The molecular formula is C30H31N3O4. The van der Waals surface area contributed by atoms with E-state index in [1.165, 1.54) is 0 Å². The van der Waals surface area contributed by atoms with Crippen molar-refractivity contribution in [1.82, 2.24) is 14.5 Å². The van der Waals surface area contributed by atoms with Gasteiger partial charge in [0.1, 0.15) is 5.82 Å². The second-order valence-corrected chi connectivity index (χ2v) is 9.21. The van der Waals surface area contributed by atoms with Gasteiger partial charge in [-0.05, 0) is 61.7 Å². The molecule has 1 aromatic heterocycles. The van der Waals surface area contributed by atoms with Gasteiger partial charge in [-0.15, -0.1) is 0 Å². The highest BCUT2D eigenvalue weighted by molar-refractivity contribution is 5.95. The summed E-state index contributed by atoms with van der Waals surface area (Å²) >= 11 is 0. The molecule has 1 aliphatic heterocycles. The van der Waals surface area contributed by atoms with Crippen LogP contribution in [0.4, 0.5) is 0 Å². The zero-order chi connectivity index (χ0) is 25.9. The van der Waals surface area contributed by atoms with Crippen LogP contribution in [0, 0.1) is 0 Å². The van der Waals surface area contributed by atoms with Crippen molar-refractivity contribution < 1.29 is 14.3 Å². The normalized spacial score (nSPS) is 13.1. The second-order valence-electron chi connectivity index (χ2n) is 9.21. The van der Waals surface area contributed by atoms with Crippen LogP contribution in [0.1, 0.15) is 61.4 Å². The lowest BCUT2D eigenvalue weighted by molar-refractivity contribution is 0.0677. The second kappa shape index (κ2) is 10.5. The molecule has 0 spiro atoms. The number of hydrogen-bond acceptors (Lipinski definition) is 5. The highest BCUT2D eigenvalue weighted by Gasteiger charge is 2.29. The van der Waals surface area contributed by atoms with Crippen LogP contribution in [0.5, 0.6) is 11.5 Å². The summed E-state index contributed by atoms with van der Waals surface area (Å²) in [4.78, 5) is 34.6. The Morgan fingerprint density at radius 3 is 2.59 bits per heavy atom. The van der Waals surface area contributed by atoms with Crippen molar-refractivity contribution in [2.24, 2.45) is 0 Å². The first-order valence-electron chi connectivity index (χ1n) is 12.8. The van der Waals surface area contributed by atoms with Gasteiger partial charge in [-0.25, -0.2) is 4.98 Å². The van der Waals surface area contributed by atoms with Crippen molar-refractivity contribution in [3.63, 3.8) is 0 Å². The monoisotopic (exact) mass is 497 g/mol. The predicted octanol–water partition coefficient (Wildman–Crippen LogP) is 5.68. The first-order chi connectivity index (χ1) is 18.0. The van der Waals surface area contributed by atoms with Crippen LogP contribution in [0.25, 0.3) is 16.6 Å². The topological polar surface area (TPSA) is 73.7 Å². The fourth-order valence-electron chi connectivity index (χ4n) is 4.83. The van der Waals surface area contributed by atoms with Gasteiger partial charge in [-0.3, -0.25) is 14.2 Å². The van der Waals surface area contributed by atoms with E-state index in [4.69, 9.17) is 14.5 Å². The van der Waals surface area contributed by atoms with Gasteiger partial charge in [0, 0.05) is 12.1 Å². The summed E-state index contributed by atoms with van der Waals surface area (Å²) in [5, 5.41) is 0.548. The van der Waals surface area contributed by atoms with Crippen LogP contribution in [-0.4, -0.2) is 33.7 Å². The number of aromatic nitrogens is 2. The maximum absolute atomic E-state index is 13.9. The Labute approximate surface area is 216 Å². The Kier molecular flexibility index (Phi) is 6.95. The first-order valence-corrected chi connectivity index (χ1v) is 12.8. The van der Waals surface area contributed by atoms with E-state index in [9.17, 15) is 9.59 Å². The van der Waals surface area contributed by atoms with Crippen LogP contribution in [-0.2, 0) is 6.42 Å². The number of benzene rings is 3. The first kappa shape index (κ1) is 24.6. The van der Waals surface area contributed by atoms with Gasteiger partial charge < -0.3 is 14.4 Å². The largest absolute Gasteiger partial charge is 0.454 e. The SMILES string of the molecule is CCCCN(C(=O)c1ccc2c(c1)OCO2)C(C)c1nc2ccccc2c(=O)n1-c1ccccc1CC. The lowest BCUT2D eigenvalue weighted by Gasteiger charge is -2.31. The fraction of sp³-hybridized carbons (Fsp3) is 0.300. The molecule has 2 heterocycles. The molecule has 1 atom stereocenters. The van der Waals surface area contributed by atoms with E-state index in [0.29, 0.717) is 40.3 Å². The molecule has 0 N–H and O–H groups in total. The highest BCUT2D eigenvalue weighted by atomic mass is 16.7. The molecule has 0 saturated carbocycles. The van der Waals surface area contributed by atoms with Gasteiger partial charge in [0.15, 0.2) is 11.5 Å². The van der Waals surface area contributed by atoms with Gasteiger partial charge in [-0.1, -0.05) is 50.6 Å². The zero-order valence-corrected chi connectivity index (χ0v) is 21.4. The summed E-state index contributed by atoms with van der Waals surface area (Å²) < 4.78 is 12.6. The van der Waals surface area contributed by atoms with Crippen molar-refractivity contribution in [3.05, 3.63) is 94.0 Å². The van der Waals surface area contributed by atoms with E-state index in [1.807, 2.05) is 54.3 Å². The molecule has 1 aliphatic rings. The molecule has 190 valence electrons. The third kappa shape index (κ3) is 4.57. The van der Waals surface area contributed by atoms with Gasteiger partial charge in [0.25, 0.3) is 11.5 Å².